The average Bonchev–Trinajstić information content (AvgIpc) is 3.41. The van der Waals surface area contributed by atoms with Crippen LogP contribution < -0.4 is 4.90 Å². The number of pyridine rings is 1. The standard InChI is InChI=1S/C33H39N5O2/c1-35-19-21-37(22-20-35)31-6-4-3-5-28(31)24-36-16-12-26(13-17-36)29-11-15-34-32-30(29)14-18-38(32)23-25-7-9-27(10-8-25)33(39)40-2/h3-11,14-15,18,26H,12-13,16-17,19-24H2,1-2H3. The van der Waals surface area contributed by atoms with Crippen molar-refractivity contribution in [1.29, 1.82) is 0 Å². The zero-order valence-corrected chi connectivity index (χ0v) is 23.6. The third kappa shape index (κ3) is 5.62. The molecule has 0 bridgehead atoms. The number of likely N-dealkylation sites (N-methyl/N-ethyl adjacent to an activating group) is 1. The maximum Gasteiger partial charge on any atom is 0.337 e. The number of piperazine rings is 1. The van der Waals surface area contributed by atoms with Gasteiger partial charge in [-0.15, -0.1) is 0 Å². The molecule has 0 unspecified atom stereocenters. The number of hydrogen-bond donors (Lipinski definition) is 0. The van der Waals surface area contributed by atoms with Crippen LogP contribution in [0.1, 0.15) is 45.8 Å². The minimum Gasteiger partial charge on any atom is -0.465 e. The number of nitrogens with zero attached hydrogens (tertiary/aromatic N) is 5. The quantitative estimate of drug-likeness (QED) is 0.309. The lowest BCUT2D eigenvalue weighted by molar-refractivity contribution is 0.0600. The lowest BCUT2D eigenvalue weighted by atomic mass is 9.88. The van der Waals surface area contributed by atoms with Crippen molar-refractivity contribution in [3.8, 4) is 0 Å². The normalized spacial score (nSPS) is 17.4. The number of benzene rings is 2. The van der Waals surface area contributed by atoms with Crippen LogP contribution in [0.3, 0.4) is 0 Å². The number of anilines is 1. The number of fused-ring (bicyclic) bond motifs is 1. The van der Waals surface area contributed by atoms with Gasteiger partial charge in [-0.1, -0.05) is 30.3 Å². The summed E-state index contributed by atoms with van der Waals surface area (Å²) < 4.78 is 7.02. The predicted octanol–water partition coefficient (Wildman–Crippen LogP) is 5.00. The van der Waals surface area contributed by atoms with Gasteiger partial charge in [-0.05, 0) is 85.9 Å². The molecule has 40 heavy (non-hydrogen) atoms. The van der Waals surface area contributed by atoms with E-state index in [-0.39, 0.29) is 5.97 Å². The molecule has 2 aromatic carbocycles. The Hall–Kier alpha value is -3.68. The smallest absolute Gasteiger partial charge is 0.337 e. The molecule has 0 N–H and O–H groups in total. The molecule has 4 heterocycles. The van der Waals surface area contributed by atoms with Crippen LogP contribution in [0.4, 0.5) is 5.69 Å². The Balaban J connectivity index is 1.11. The first-order valence-electron chi connectivity index (χ1n) is 14.4. The first-order valence-corrected chi connectivity index (χ1v) is 14.4. The van der Waals surface area contributed by atoms with E-state index >= 15 is 0 Å². The molecule has 2 aromatic heterocycles. The molecular weight excluding hydrogens is 498 g/mol. The number of esters is 1. The van der Waals surface area contributed by atoms with Crippen molar-refractivity contribution in [3.63, 3.8) is 0 Å². The molecular formula is C33H39N5O2. The van der Waals surface area contributed by atoms with E-state index < -0.39 is 0 Å². The number of hydrogen-bond acceptors (Lipinski definition) is 6. The van der Waals surface area contributed by atoms with E-state index in [1.54, 1.807) is 0 Å². The lowest BCUT2D eigenvalue weighted by Crippen LogP contribution is -2.45. The number of piperidine rings is 1. The SMILES string of the molecule is COC(=O)c1ccc(Cn2ccc3c(C4CCN(Cc5ccccc5N5CCN(C)CC5)CC4)ccnc32)cc1. The van der Waals surface area contributed by atoms with Gasteiger partial charge in [0, 0.05) is 62.7 Å². The molecule has 4 aromatic rings. The van der Waals surface area contributed by atoms with Gasteiger partial charge in [-0.3, -0.25) is 4.90 Å². The Bertz CT molecular complexity index is 1450. The topological polar surface area (TPSA) is 53.8 Å². The van der Waals surface area contributed by atoms with E-state index in [1.165, 1.54) is 29.3 Å². The number of para-hydroxylation sites is 1. The maximum absolute atomic E-state index is 11.8. The van der Waals surface area contributed by atoms with E-state index in [4.69, 9.17) is 9.72 Å². The van der Waals surface area contributed by atoms with Crippen LogP contribution in [-0.2, 0) is 17.8 Å². The van der Waals surface area contributed by atoms with Crippen LogP contribution in [0.25, 0.3) is 11.0 Å². The molecule has 7 heteroatoms. The molecule has 2 fully saturated rings. The highest BCUT2D eigenvalue weighted by Gasteiger charge is 2.24. The number of ether oxygens (including phenoxy) is 1. The van der Waals surface area contributed by atoms with E-state index in [0.29, 0.717) is 18.0 Å². The number of carbonyl (C=O) groups excluding carboxylic acids is 1. The summed E-state index contributed by atoms with van der Waals surface area (Å²) in [6.45, 7) is 8.42. The van der Waals surface area contributed by atoms with E-state index in [9.17, 15) is 4.79 Å². The summed E-state index contributed by atoms with van der Waals surface area (Å²) in [6, 6.07) is 21.1. The first kappa shape index (κ1) is 26.5. The molecule has 6 rings (SSSR count). The average molecular weight is 538 g/mol. The Labute approximate surface area is 237 Å². The number of carbonyl (C=O) groups is 1. The van der Waals surface area contributed by atoms with Gasteiger partial charge in [0.05, 0.1) is 12.7 Å². The second kappa shape index (κ2) is 11.8. The van der Waals surface area contributed by atoms with Gasteiger partial charge in [0.15, 0.2) is 0 Å². The third-order valence-corrected chi connectivity index (χ3v) is 8.68. The summed E-state index contributed by atoms with van der Waals surface area (Å²) in [6.07, 6.45) is 6.43. The molecule has 2 aliphatic rings. The minimum absolute atomic E-state index is 0.311. The van der Waals surface area contributed by atoms with Gasteiger partial charge < -0.3 is 19.1 Å². The molecule has 0 amide bonds. The fourth-order valence-electron chi connectivity index (χ4n) is 6.30. The summed E-state index contributed by atoms with van der Waals surface area (Å²) in [5.74, 6) is 0.236. The fraction of sp³-hybridized carbons (Fsp3) is 0.394. The van der Waals surface area contributed by atoms with Crippen LogP contribution in [0.5, 0.6) is 0 Å². The van der Waals surface area contributed by atoms with Gasteiger partial charge in [-0.2, -0.15) is 0 Å². The molecule has 0 saturated carbocycles. The summed E-state index contributed by atoms with van der Waals surface area (Å²) in [7, 11) is 3.62. The molecule has 0 aliphatic carbocycles. The van der Waals surface area contributed by atoms with E-state index in [2.05, 4.69) is 68.9 Å². The van der Waals surface area contributed by atoms with Gasteiger partial charge in [0.2, 0.25) is 0 Å². The number of methoxy groups -OCH3 is 1. The van der Waals surface area contributed by atoms with Crippen molar-refractivity contribution in [1.82, 2.24) is 19.4 Å². The van der Waals surface area contributed by atoms with Gasteiger partial charge in [0.1, 0.15) is 5.65 Å². The molecule has 2 saturated heterocycles. The van der Waals surface area contributed by atoms with Crippen molar-refractivity contribution in [3.05, 3.63) is 95.3 Å². The summed E-state index contributed by atoms with van der Waals surface area (Å²) in [5.41, 5.74) is 7.00. The molecule has 0 spiro atoms. The van der Waals surface area contributed by atoms with Crippen LogP contribution in [0, 0.1) is 0 Å². The zero-order valence-electron chi connectivity index (χ0n) is 23.6. The Morgan fingerprint density at radius 2 is 1.65 bits per heavy atom. The molecule has 2 aliphatic heterocycles. The van der Waals surface area contributed by atoms with Crippen LogP contribution in [0.2, 0.25) is 0 Å². The lowest BCUT2D eigenvalue weighted by Gasteiger charge is -2.37. The second-order valence-corrected chi connectivity index (χ2v) is 11.2. The van der Waals surface area contributed by atoms with Crippen LogP contribution >= 0.6 is 0 Å². The number of aromatic nitrogens is 2. The fourth-order valence-corrected chi connectivity index (χ4v) is 6.30. The van der Waals surface area contributed by atoms with Gasteiger partial charge >= 0.3 is 5.97 Å². The highest BCUT2D eigenvalue weighted by molar-refractivity contribution is 5.89. The highest BCUT2D eigenvalue weighted by Crippen LogP contribution is 2.34. The van der Waals surface area contributed by atoms with E-state index in [0.717, 1.165) is 69.9 Å². The van der Waals surface area contributed by atoms with Crippen molar-refractivity contribution in [2.75, 3.05) is 58.3 Å². The zero-order chi connectivity index (χ0) is 27.5. The highest BCUT2D eigenvalue weighted by atomic mass is 16.5. The number of likely N-dealkylation sites (tertiary alicyclic amines) is 1. The van der Waals surface area contributed by atoms with Crippen LogP contribution in [0.15, 0.2) is 73.1 Å². The Kier molecular flexibility index (Phi) is 7.84. The molecule has 0 radical (unpaired) electrons. The summed E-state index contributed by atoms with van der Waals surface area (Å²) in [4.78, 5) is 24.1. The van der Waals surface area contributed by atoms with Crippen molar-refractivity contribution >= 4 is 22.7 Å². The third-order valence-electron chi connectivity index (χ3n) is 8.68. The molecule has 208 valence electrons. The largest absolute Gasteiger partial charge is 0.465 e. The predicted molar refractivity (Wildman–Crippen MR) is 160 cm³/mol. The maximum atomic E-state index is 11.8. The van der Waals surface area contributed by atoms with Gasteiger partial charge in [-0.25, -0.2) is 9.78 Å². The van der Waals surface area contributed by atoms with Crippen molar-refractivity contribution in [2.24, 2.45) is 0 Å². The van der Waals surface area contributed by atoms with Crippen molar-refractivity contribution < 1.29 is 9.53 Å². The summed E-state index contributed by atoms with van der Waals surface area (Å²) in [5, 5.41) is 1.26. The second-order valence-electron chi connectivity index (χ2n) is 11.2. The Morgan fingerprint density at radius 3 is 2.40 bits per heavy atom. The van der Waals surface area contributed by atoms with Crippen LogP contribution in [-0.4, -0.2) is 78.7 Å². The number of rotatable bonds is 7. The van der Waals surface area contributed by atoms with Gasteiger partial charge in [0.25, 0.3) is 0 Å². The molecule has 0 atom stereocenters. The molecule has 7 nitrogen and oxygen atoms in total. The van der Waals surface area contributed by atoms with Crippen molar-refractivity contribution in [2.45, 2.75) is 31.8 Å². The first-order chi connectivity index (χ1) is 19.6. The minimum atomic E-state index is -0.311. The summed E-state index contributed by atoms with van der Waals surface area (Å²) >= 11 is 0. The Morgan fingerprint density at radius 1 is 0.900 bits per heavy atom. The van der Waals surface area contributed by atoms with E-state index in [1.807, 2.05) is 30.5 Å². The monoisotopic (exact) mass is 537 g/mol.